The molecular weight excluding hydrogens is 196 g/mol. The van der Waals surface area contributed by atoms with E-state index in [1.54, 1.807) is 12.1 Å². The van der Waals surface area contributed by atoms with Gasteiger partial charge < -0.3 is 5.11 Å². The molecule has 1 N–H and O–H groups in total. The van der Waals surface area contributed by atoms with Crippen LogP contribution in [0.15, 0.2) is 30.3 Å². The normalized spacial score (nSPS) is 10.6. The van der Waals surface area contributed by atoms with Gasteiger partial charge in [-0.05, 0) is 35.1 Å². The van der Waals surface area contributed by atoms with Gasteiger partial charge in [-0.15, -0.1) is 6.42 Å². The molecule has 0 saturated heterocycles. The molecule has 0 unspecified atom stereocenters. The van der Waals surface area contributed by atoms with Crippen LogP contribution in [-0.4, -0.2) is 5.11 Å². The van der Waals surface area contributed by atoms with E-state index < -0.39 is 0 Å². The lowest BCUT2D eigenvalue weighted by Crippen LogP contribution is -1.92. The summed E-state index contributed by atoms with van der Waals surface area (Å²) in [6.45, 7) is 4.20. The van der Waals surface area contributed by atoms with Gasteiger partial charge >= 0.3 is 0 Å². The van der Waals surface area contributed by atoms with Gasteiger partial charge in [-0.25, -0.2) is 0 Å². The van der Waals surface area contributed by atoms with E-state index in [-0.39, 0.29) is 0 Å². The summed E-state index contributed by atoms with van der Waals surface area (Å²) in [6.07, 6.45) is 5.51. The second kappa shape index (κ2) is 3.90. The van der Waals surface area contributed by atoms with Gasteiger partial charge in [-0.2, -0.15) is 0 Å². The van der Waals surface area contributed by atoms with Crippen LogP contribution in [0.3, 0.4) is 0 Å². The highest BCUT2D eigenvalue weighted by atomic mass is 16.3. The van der Waals surface area contributed by atoms with Crippen molar-refractivity contribution in [3.63, 3.8) is 0 Å². The summed E-state index contributed by atoms with van der Waals surface area (Å²) in [4.78, 5) is 0. The van der Waals surface area contributed by atoms with E-state index >= 15 is 0 Å². The van der Waals surface area contributed by atoms with Crippen molar-refractivity contribution in [3.8, 4) is 18.1 Å². The largest absolute Gasteiger partial charge is 0.508 e. The first kappa shape index (κ1) is 10.6. The Morgan fingerprint density at radius 2 is 2.00 bits per heavy atom. The van der Waals surface area contributed by atoms with Crippen LogP contribution in [0.2, 0.25) is 0 Å². The van der Waals surface area contributed by atoms with Gasteiger partial charge in [0.25, 0.3) is 0 Å². The minimum atomic E-state index is 0.297. The smallest absolute Gasteiger partial charge is 0.116 e. The van der Waals surface area contributed by atoms with Gasteiger partial charge in [-0.3, -0.25) is 0 Å². The van der Waals surface area contributed by atoms with Gasteiger partial charge in [-0.1, -0.05) is 31.9 Å². The Kier molecular flexibility index (Phi) is 2.58. The third-order valence-corrected chi connectivity index (χ3v) is 2.77. The SMILES string of the molecule is C#Cc1cccc2cc(O)cc(C(C)C)c12. The van der Waals surface area contributed by atoms with E-state index in [1.807, 2.05) is 18.2 Å². The fraction of sp³-hybridized carbons (Fsp3) is 0.200. The molecule has 2 rings (SSSR count). The Balaban J connectivity index is 2.92. The van der Waals surface area contributed by atoms with Crippen LogP contribution in [0.1, 0.15) is 30.9 Å². The third-order valence-electron chi connectivity index (χ3n) is 2.77. The predicted molar refractivity (Wildman–Crippen MR) is 67.6 cm³/mol. The van der Waals surface area contributed by atoms with E-state index in [9.17, 15) is 5.11 Å². The lowest BCUT2D eigenvalue weighted by Gasteiger charge is -2.12. The number of aromatic hydroxyl groups is 1. The molecule has 0 saturated carbocycles. The molecule has 0 aromatic heterocycles. The van der Waals surface area contributed by atoms with E-state index in [2.05, 4.69) is 19.8 Å². The van der Waals surface area contributed by atoms with Crippen LogP contribution >= 0.6 is 0 Å². The van der Waals surface area contributed by atoms with Crippen molar-refractivity contribution in [2.45, 2.75) is 19.8 Å². The lowest BCUT2D eigenvalue weighted by molar-refractivity contribution is 0.475. The number of phenols is 1. The molecule has 0 radical (unpaired) electrons. The molecule has 0 heterocycles. The Labute approximate surface area is 95.7 Å². The number of fused-ring (bicyclic) bond motifs is 1. The first-order valence-electron chi connectivity index (χ1n) is 5.35. The molecule has 1 heteroatoms. The summed E-state index contributed by atoms with van der Waals surface area (Å²) in [6, 6.07) is 9.38. The number of phenolic OH excluding ortho intramolecular Hbond substituents is 1. The summed E-state index contributed by atoms with van der Waals surface area (Å²) >= 11 is 0. The van der Waals surface area contributed by atoms with Crippen molar-refractivity contribution in [1.29, 1.82) is 0 Å². The van der Waals surface area contributed by atoms with Crippen LogP contribution in [-0.2, 0) is 0 Å². The second-order valence-corrected chi connectivity index (χ2v) is 4.24. The van der Waals surface area contributed by atoms with Crippen LogP contribution < -0.4 is 0 Å². The Hall–Kier alpha value is -1.94. The molecule has 0 aliphatic heterocycles. The summed E-state index contributed by atoms with van der Waals surface area (Å²) in [5.41, 5.74) is 1.99. The molecule has 0 fully saturated rings. The minimum Gasteiger partial charge on any atom is -0.508 e. The zero-order valence-electron chi connectivity index (χ0n) is 9.49. The van der Waals surface area contributed by atoms with Gasteiger partial charge in [0.15, 0.2) is 0 Å². The van der Waals surface area contributed by atoms with E-state index in [4.69, 9.17) is 6.42 Å². The monoisotopic (exact) mass is 210 g/mol. The topological polar surface area (TPSA) is 20.2 Å². The lowest BCUT2D eigenvalue weighted by atomic mass is 9.92. The van der Waals surface area contributed by atoms with E-state index in [0.29, 0.717) is 11.7 Å². The molecule has 0 spiro atoms. The number of benzene rings is 2. The maximum atomic E-state index is 9.67. The molecule has 0 aliphatic carbocycles. The molecule has 2 aromatic carbocycles. The molecule has 1 nitrogen and oxygen atoms in total. The van der Waals surface area contributed by atoms with Gasteiger partial charge in [0.2, 0.25) is 0 Å². The van der Waals surface area contributed by atoms with Crippen molar-refractivity contribution in [2.24, 2.45) is 0 Å². The van der Waals surface area contributed by atoms with E-state index in [0.717, 1.165) is 21.9 Å². The average Bonchev–Trinajstić information content (AvgIpc) is 2.26. The van der Waals surface area contributed by atoms with Crippen molar-refractivity contribution in [2.75, 3.05) is 0 Å². The number of hydrogen-bond donors (Lipinski definition) is 1. The van der Waals surface area contributed by atoms with Crippen molar-refractivity contribution in [1.82, 2.24) is 0 Å². The molecule has 0 amide bonds. The zero-order valence-corrected chi connectivity index (χ0v) is 9.49. The maximum Gasteiger partial charge on any atom is 0.116 e. The summed E-state index contributed by atoms with van der Waals surface area (Å²) in [5.74, 6) is 3.34. The zero-order chi connectivity index (χ0) is 11.7. The predicted octanol–water partition coefficient (Wildman–Crippen LogP) is 3.65. The standard InChI is InChI=1S/C15H14O/c1-4-11-6-5-7-12-8-13(16)9-14(10(2)3)15(11)12/h1,5-10,16H,2-3H3. The summed E-state index contributed by atoms with van der Waals surface area (Å²) in [5, 5.41) is 11.8. The first-order chi connectivity index (χ1) is 7.63. The maximum absolute atomic E-state index is 9.67. The Morgan fingerprint density at radius 3 is 2.62 bits per heavy atom. The fourth-order valence-electron chi connectivity index (χ4n) is 2.02. The molecule has 2 aromatic rings. The van der Waals surface area contributed by atoms with Crippen LogP contribution in [0.5, 0.6) is 5.75 Å². The van der Waals surface area contributed by atoms with Crippen molar-refractivity contribution in [3.05, 3.63) is 41.5 Å². The number of rotatable bonds is 1. The number of terminal acetylenes is 1. The molecule has 16 heavy (non-hydrogen) atoms. The molecule has 80 valence electrons. The highest BCUT2D eigenvalue weighted by Crippen LogP contribution is 2.31. The van der Waals surface area contributed by atoms with Gasteiger partial charge in [0, 0.05) is 10.9 Å². The third kappa shape index (κ3) is 1.63. The average molecular weight is 210 g/mol. The summed E-state index contributed by atoms with van der Waals surface area (Å²) < 4.78 is 0. The van der Waals surface area contributed by atoms with Crippen molar-refractivity contribution >= 4 is 10.8 Å². The van der Waals surface area contributed by atoms with Crippen molar-refractivity contribution < 1.29 is 5.11 Å². The molecule has 0 bridgehead atoms. The Morgan fingerprint density at radius 1 is 1.25 bits per heavy atom. The first-order valence-corrected chi connectivity index (χ1v) is 5.35. The highest BCUT2D eigenvalue weighted by molar-refractivity contribution is 5.92. The molecule has 0 atom stereocenters. The minimum absolute atomic E-state index is 0.297. The second-order valence-electron chi connectivity index (χ2n) is 4.24. The number of hydrogen-bond acceptors (Lipinski definition) is 1. The van der Waals surface area contributed by atoms with Crippen LogP contribution in [0.25, 0.3) is 10.8 Å². The van der Waals surface area contributed by atoms with Gasteiger partial charge in [0.05, 0.1) is 0 Å². The molecular formula is C15H14O. The molecule has 0 aliphatic rings. The van der Waals surface area contributed by atoms with Crippen LogP contribution in [0.4, 0.5) is 0 Å². The Bertz CT molecular complexity index is 574. The van der Waals surface area contributed by atoms with E-state index in [1.165, 1.54) is 0 Å². The fourth-order valence-corrected chi connectivity index (χ4v) is 2.02. The van der Waals surface area contributed by atoms with Crippen LogP contribution in [0, 0.1) is 12.3 Å². The van der Waals surface area contributed by atoms with Gasteiger partial charge in [0.1, 0.15) is 5.75 Å². The highest BCUT2D eigenvalue weighted by Gasteiger charge is 2.09. The summed E-state index contributed by atoms with van der Waals surface area (Å²) in [7, 11) is 0. The quantitative estimate of drug-likeness (QED) is 0.712.